The molecule has 20 heavy (non-hydrogen) atoms. The predicted octanol–water partition coefficient (Wildman–Crippen LogP) is 2.88. The minimum atomic E-state index is 0.395. The molecule has 0 aromatic heterocycles. The molecule has 1 atom stereocenters. The van der Waals surface area contributed by atoms with Crippen LogP contribution in [0.1, 0.15) is 18.4 Å². The van der Waals surface area contributed by atoms with Crippen LogP contribution in [-0.4, -0.2) is 19.6 Å². The Morgan fingerprint density at radius 1 is 1.25 bits per heavy atom. The number of hydrogen-bond acceptors (Lipinski definition) is 3. The molecule has 2 aromatic carbocycles. The zero-order valence-corrected chi connectivity index (χ0v) is 11.7. The standard InChI is InChI=1S/C17H19N3/c1-20(17(11-19)12-6-7-12)16-9-8-13(10-18)14-4-2-3-5-15(14)16/h2-5,8-9,12,17H,6-7,11,19H2,1H3. The van der Waals surface area contributed by atoms with Crippen LogP contribution in [0.15, 0.2) is 36.4 Å². The van der Waals surface area contributed by atoms with Crippen LogP contribution >= 0.6 is 0 Å². The van der Waals surface area contributed by atoms with Gasteiger partial charge in [-0.15, -0.1) is 0 Å². The summed E-state index contributed by atoms with van der Waals surface area (Å²) in [5.41, 5.74) is 7.86. The third-order valence-corrected chi connectivity index (χ3v) is 4.31. The van der Waals surface area contributed by atoms with Gasteiger partial charge in [0.25, 0.3) is 0 Å². The van der Waals surface area contributed by atoms with Gasteiger partial charge in [-0.25, -0.2) is 0 Å². The molecule has 1 saturated carbocycles. The average molecular weight is 265 g/mol. The lowest BCUT2D eigenvalue weighted by atomic mass is 10.0. The Kier molecular flexibility index (Phi) is 3.33. The lowest BCUT2D eigenvalue weighted by Crippen LogP contribution is -2.39. The van der Waals surface area contributed by atoms with Crippen molar-refractivity contribution in [2.24, 2.45) is 11.7 Å². The molecule has 0 amide bonds. The van der Waals surface area contributed by atoms with Gasteiger partial charge in [0.2, 0.25) is 0 Å². The fourth-order valence-electron chi connectivity index (χ4n) is 3.01. The van der Waals surface area contributed by atoms with E-state index >= 15 is 0 Å². The molecular weight excluding hydrogens is 246 g/mol. The Bertz CT molecular complexity index is 667. The van der Waals surface area contributed by atoms with Gasteiger partial charge in [-0.3, -0.25) is 0 Å². The van der Waals surface area contributed by atoms with Crippen LogP contribution in [0.2, 0.25) is 0 Å². The monoisotopic (exact) mass is 265 g/mol. The van der Waals surface area contributed by atoms with Gasteiger partial charge in [0, 0.05) is 36.1 Å². The van der Waals surface area contributed by atoms with Crippen LogP contribution in [0.4, 0.5) is 5.69 Å². The Hall–Kier alpha value is -2.05. The van der Waals surface area contributed by atoms with E-state index in [0.29, 0.717) is 12.6 Å². The highest BCUT2D eigenvalue weighted by molar-refractivity contribution is 5.97. The highest BCUT2D eigenvalue weighted by Crippen LogP contribution is 2.38. The summed E-state index contributed by atoms with van der Waals surface area (Å²) in [5, 5.41) is 11.4. The van der Waals surface area contributed by atoms with E-state index in [0.717, 1.165) is 22.3 Å². The first-order valence-corrected chi connectivity index (χ1v) is 7.11. The fourth-order valence-corrected chi connectivity index (χ4v) is 3.01. The fraction of sp³-hybridized carbons (Fsp3) is 0.353. The number of benzene rings is 2. The zero-order chi connectivity index (χ0) is 14.1. The largest absolute Gasteiger partial charge is 0.370 e. The highest BCUT2D eigenvalue weighted by atomic mass is 15.2. The van der Waals surface area contributed by atoms with Crippen molar-refractivity contribution < 1.29 is 0 Å². The van der Waals surface area contributed by atoms with Crippen LogP contribution in [0.3, 0.4) is 0 Å². The smallest absolute Gasteiger partial charge is 0.0998 e. The molecule has 1 fully saturated rings. The quantitative estimate of drug-likeness (QED) is 0.924. The molecule has 1 aliphatic carbocycles. The van der Waals surface area contributed by atoms with Crippen molar-refractivity contribution in [1.29, 1.82) is 5.26 Å². The van der Waals surface area contributed by atoms with Crippen molar-refractivity contribution in [2.45, 2.75) is 18.9 Å². The number of hydrogen-bond donors (Lipinski definition) is 1. The first-order valence-electron chi connectivity index (χ1n) is 7.11. The summed E-state index contributed by atoms with van der Waals surface area (Å²) in [6, 6.07) is 14.7. The van der Waals surface area contributed by atoms with Gasteiger partial charge in [-0.05, 0) is 30.9 Å². The molecule has 0 saturated heterocycles. The molecule has 0 heterocycles. The van der Waals surface area contributed by atoms with Crippen molar-refractivity contribution in [3.05, 3.63) is 42.0 Å². The van der Waals surface area contributed by atoms with Gasteiger partial charge in [-0.1, -0.05) is 24.3 Å². The molecule has 3 rings (SSSR count). The molecule has 1 aliphatic rings. The van der Waals surface area contributed by atoms with Gasteiger partial charge >= 0.3 is 0 Å². The third-order valence-electron chi connectivity index (χ3n) is 4.31. The van der Waals surface area contributed by atoms with Crippen molar-refractivity contribution in [2.75, 3.05) is 18.5 Å². The van der Waals surface area contributed by atoms with Gasteiger partial charge < -0.3 is 10.6 Å². The first-order chi connectivity index (χ1) is 9.76. The molecule has 0 bridgehead atoms. The zero-order valence-electron chi connectivity index (χ0n) is 11.7. The second kappa shape index (κ2) is 5.15. The average Bonchev–Trinajstić information content (AvgIpc) is 3.31. The summed E-state index contributed by atoms with van der Waals surface area (Å²) in [6.07, 6.45) is 2.56. The van der Waals surface area contributed by atoms with Gasteiger partial charge in [-0.2, -0.15) is 5.26 Å². The second-order valence-electron chi connectivity index (χ2n) is 5.54. The molecule has 0 aliphatic heterocycles. The molecule has 102 valence electrons. The maximum absolute atomic E-state index is 9.24. The SMILES string of the molecule is CN(c1ccc(C#N)c2ccccc12)C(CN)C1CC1. The van der Waals surface area contributed by atoms with Crippen molar-refractivity contribution >= 4 is 16.5 Å². The van der Waals surface area contributed by atoms with Crippen molar-refractivity contribution in [3.8, 4) is 6.07 Å². The van der Waals surface area contributed by atoms with Crippen molar-refractivity contribution in [3.63, 3.8) is 0 Å². The number of nitrogens with two attached hydrogens (primary N) is 1. The molecule has 0 radical (unpaired) electrons. The number of rotatable bonds is 4. The Morgan fingerprint density at radius 2 is 1.95 bits per heavy atom. The molecule has 3 nitrogen and oxygen atoms in total. The predicted molar refractivity (Wildman–Crippen MR) is 82.6 cm³/mol. The maximum atomic E-state index is 9.24. The van der Waals surface area contributed by atoms with Crippen LogP contribution in [0.5, 0.6) is 0 Å². The van der Waals surface area contributed by atoms with E-state index in [1.54, 1.807) is 0 Å². The summed E-state index contributed by atoms with van der Waals surface area (Å²) >= 11 is 0. The second-order valence-corrected chi connectivity index (χ2v) is 5.54. The number of nitrogens with zero attached hydrogens (tertiary/aromatic N) is 2. The summed E-state index contributed by atoms with van der Waals surface area (Å²) < 4.78 is 0. The highest BCUT2D eigenvalue weighted by Gasteiger charge is 2.33. The minimum Gasteiger partial charge on any atom is -0.370 e. The maximum Gasteiger partial charge on any atom is 0.0998 e. The van der Waals surface area contributed by atoms with E-state index in [-0.39, 0.29) is 0 Å². The lowest BCUT2D eigenvalue weighted by molar-refractivity contribution is 0.572. The summed E-state index contributed by atoms with van der Waals surface area (Å²) in [6.45, 7) is 0.676. The van der Waals surface area contributed by atoms with Crippen LogP contribution in [0, 0.1) is 17.2 Å². The lowest BCUT2D eigenvalue weighted by Gasteiger charge is -2.30. The van der Waals surface area contributed by atoms with E-state index in [1.807, 2.05) is 30.3 Å². The Balaban J connectivity index is 2.10. The van der Waals surface area contributed by atoms with Crippen LogP contribution in [-0.2, 0) is 0 Å². The minimum absolute atomic E-state index is 0.395. The van der Waals surface area contributed by atoms with Crippen LogP contribution in [0.25, 0.3) is 10.8 Å². The van der Waals surface area contributed by atoms with E-state index in [4.69, 9.17) is 5.73 Å². The van der Waals surface area contributed by atoms with Gasteiger partial charge in [0.1, 0.15) is 0 Å². The van der Waals surface area contributed by atoms with Crippen molar-refractivity contribution in [1.82, 2.24) is 0 Å². The number of anilines is 1. The normalized spacial score (nSPS) is 15.8. The third kappa shape index (κ3) is 2.13. The van der Waals surface area contributed by atoms with E-state index < -0.39 is 0 Å². The molecule has 0 spiro atoms. The summed E-state index contributed by atoms with van der Waals surface area (Å²) in [4.78, 5) is 2.29. The molecule has 3 heteroatoms. The van der Waals surface area contributed by atoms with Gasteiger partial charge in [0.05, 0.1) is 11.6 Å². The van der Waals surface area contributed by atoms with E-state index in [2.05, 4.69) is 24.1 Å². The number of nitriles is 1. The molecule has 2 aromatic rings. The molecule has 1 unspecified atom stereocenters. The van der Waals surface area contributed by atoms with E-state index in [1.165, 1.54) is 18.5 Å². The summed E-state index contributed by atoms with van der Waals surface area (Å²) in [5.74, 6) is 0.722. The topological polar surface area (TPSA) is 53.0 Å². The van der Waals surface area contributed by atoms with Crippen LogP contribution < -0.4 is 10.6 Å². The van der Waals surface area contributed by atoms with E-state index in [9.17, 15) is 5.26 Å². The number of fused-ring (bicyclic) bond motifs is 1. The van der Waals surface area contributed by atoms with Gasteiger partial charge in [0.15, 0.2) is 0 Å². The first kappa shape index (κ1) is 13.0. The molecular formula is C17H19N3. The Morgan fingerprint density at radius 3 is 2.55 bits per heavy atom. The number of likely N-dealkylation sites (N-methyl/N-ethyl adjacent to an activating group) is 1. The Labute approximate surface area is 119 Å². The summed E-state index contributed by atoms with van der Waals surface area (Å²) in [7, 11) is 2.11. The molecule has 2 N–H and O–H groups in total.